The van der Waals surface area contributed by atoms with Crippen LogP contribution in [0.2, 0.25) is 0 Å². The lowest BCUT2D eigenvalue weighted by Gasteiger charge is -2.17. The summed E-state index contributed by atoms with van der Waals surface area (Å²) < 4.78 is 10.7. The van der Waals surface area contributed by atoms with Gasteiger partial charge in [0.15, 0.2) is 12.1 Å². The summed E-state index contributed by atoms with van der Waals surface area (Å²) in [6, 6.07) is 9.13. The van der Waals surface area contributed by atoms with Crippen LogP contribution >= 0.6 is 0 Å². The number of hydrogen-bond donors (Lipinski definition) is 0. The Bertz CT molecular complexity index is 321. The summed E-state index contributed by atoms with van der Waals surface area (Å²) in [5, 5.41) is 0. The summed E-state index contributed by atoms with van der Waals surface area (Å²) >= 11 is 0. The molecule has 0 saturated heterocycles. The molecular weight excluding hydrogens is 204 g/mol. The van der Waals surface area contributed by atoms with E-state index in [9.17, 15) is 4.79 Å². The first-order valence-electron chi connectivity index (χ1n) is 5.51. The van der Waals surface area contributed by atoms with Crippen LogP contribution in [0, 0.1) is 0 Å². The van der Waals surface area contributed by atoms with Crippen molar-refractivity contribution in [2.24, 2.45) is 0 Å². The Hall–Kier alpha value is -1.19. The number of rotatable bonds is 6. The van der Waals surface area contributed by atoms with Crippen molar-refractivity contribution < 1.29 is 14.3 Å². The zero-order valence-electron chi connectivity index (χ0n) is 9.97. The number of ether oxygens (including phenoxy) is 2. The predicted molar refractivity (Wildman–Crippen MR) is 62.4 cm³/mol. The number of carbonyl (C=O) groups excluding carboxylic acids is 1. The molecule has 0 amide bonds. The molecule has 2 atom stereocenters. The lowest BCUT2D eigenvalue weighted by molar-refractivity contribution is -0.142. The second-order valence-electron chi connectivity index (χ2n) is 3.53. The highest BCUT2D eigenvalue weighted by Gasteiger charge is 2.17. The second-order valence-corrected chi connectivity index (χ2v) is 3.53. The molecule has 1 aromatic carbocycles. The highest BCUT2D eigenvalue weighted by Crippen LogP contribution is 2.08. The maximum Gasteiger partial charge on any atom is 0.191 e. The molecule has 0 bridgehead atoms. The molecular formula is C13H18O3. The van der Waals surface area contributed by atoms with Gasteiger partial charge in [0, 0.05) is 12.2 Å². The predicted octanol–water partition coefficient (Wildman–Crippen LogP) is 2.66. The number of carbonyl (C=O) groups is 1. The van der Waals surface area contributed by atoms with Crippen molar-refractivity contribution in [2.45, 2.75) is 33.2 Å². The van der Waals surface area contributed by atoms with Crippen molar-refractivity contribution in [3.8, 4) is 0 Å². The average Bonchev–Trinajstić information content (AvgIpc) is 2.29. The van der Waals surface area contributed by atoms with Crippen molar-refractivity contribution >= 4 is 5.78 Å². The minimum Gasteiger partial charge on any atom is -0.353 e. The molecule has 0 aliphatic carbocycles. The van der Waals surface area contributed by atoms with Gasteiger partial charge >= 0.3 is 0 Å². The third-order valence-corrected chi connectivity index (χ3v) is 2.22. The number of hydrogen-bond acceptors (Lipinski definition) is 3. The van der Waals surface area contributed by atoms with E-state index >= 15 is 0 Å². The van der Waals surface area contributed by atoms with Crippen LogP contribution in [-0.4, -0.2) is 24.8 Å². The van der Waals surface area contributed by atoms with Gasteiger partial charge < -0.3 is 9.47 Å². The summed E-state index contributed by atoms with van der Waals surface area (Å²) in [5.74, 6) is -0.0212. The molecule has 1 rings (SSSR count). The van der Waals surface area contributed by atoms with Crippen LogP contribution in [0.3, 0.4) is 0 Å². The van der Waals surface area contributed by atoms with Crippen LogP contribution < -0.4 is 0 Å². The molecule has 0 aromatic heterocycles. The molecule has 0 fully saturated rings. The van der Waals surface area contributed by atoms with E-state index in [1.54, 1.807) is 26.0 Å². The fourth-order valence-electron chi connectivity index (χ4n) is 1.46. The standard InChI is InChI=1S/C13H18O3/c1-4-15-11(3)16-10(2)13(14)12-8-6-5-7-9-12/h5-11H,4H2,1-3H3. The zero-order valence-corrected chi connectivity index (χ0v) is 9.97. The lowest BCUT2D eigenvalue weighted by Crippen LogP contribution is -2.27. The molecule has 3 nitrogen and oxygen atoms in total. The fraction of sp³-hybridized carbons (Fsp3) is 0.462. The van der Waals surface area contributed by atoms with Crippen molar-refractivity contribution in [3.63, 3.8) is 0 Å². The summed E-state index contributed by atoms with van der Waals surface area (Å²) in [6.07, 6.45) is -0.836. The Labute approximate surface area is 96.4 Å². The van der Waals surface area contributed by atoms with Crippen molar-refractivity contribution in [1.29, 1.82) is 0 Å². The Morgan fingerprint density at radius 2 is 1.88 bits per heavy atom. The van der Waals surface area contributed by atoms with Gasteiger partial charge in [0.1, 0.15) is 6.10 Å². The van der Waals surface area contributed by atoms with Gasteiger partial charge in [0.25, 0.3) is 0 Å². The van der Waals surface area contributed by atoms with Crippen molar-refractivity contribution in [1.82, 2.24) is 0 Å². The van der Waals surface area contributed by atoms with E-state index in [1.807, 2.05) is 25.1 Å². The maximum absolute atomic E-state index is 11.9. The summed E-state index contributed by atoms with van der Waals surface area (Å²) in [4.78, 5) is 11.9. The summed E-state index contributed by atoms with van der Waals surface area (Å²) in [5.41, 5.74) is 0.665. The van der Waals surface area contributed by atoms with Crippen LogP contribution in [0.25, 0.3) is 0 Å². The first-order valence-corrected chi connectivity index (χ1v) is 5.51. The fourth-order valence-corrected chi connectivity index (χ4v) is 1.46. The Kier molecular flexibility index (Phi) is 5.15. The van der Waals surface area contributed by atoms with Crippen LogP contribution in [0.5, 0.6) is 0 Å². The summed E-state index contributed by atoms with van der Waals surface area (Å²) in [6.45, 7) is 6.00. The Morgan fingerprint density at radius 1 is 1.25 bits per heavy atom. The monoisotopic (exact) mass is 222 g/mol. The molecule has 0 aliphatic heterocycles. The topological polar surface area (TPSA) is 35.5 Å². The van der Waals surface area contributed by atoms with E-state index in [4.69, 9.17) is 9.47 Å². The van der Waals surface area contributed by atoms with Gasteiger partial charge in [-0.25, -0.2) is 0 Å². The maximum atomic E-state index is 11.9. The molecule has 16 heavy (non-hydrogen) atoms. The molecule has 0 heterocycles. The molecule has 0 aliphatic rings. The minimum atomic E-state index is -0.482. The molecule has 2 unspecified atom stereocenters. The molecule has 3 heteroatoms. The van der Waals surface area contributed by atoms with Gasteiger partial charge in [-0.3, -0.25) is 4.79 Å². The number of benzene rings is 1. The molecule has 0 spiro atoms. The average molecular weight is 222 g/mol. The van der Waals surface area contributed by atoms with Crippen LogP contribution in [0.15, 0.2) is 30.3 Å². The van der Waals surface area contributed by atoms with Crippen LogP contribution in [0.4, 0.5) is 0 Å². The molecule has 88 valence electrons. The third kappa shape index (κ3) is 3.76. The molecule has 0 N–H and O–H groups in total. The number of Topliss-reactive ketones (excluding diaryl/α,β-unsaturated/α-hetero) is 1. The zero-order chi connectivity index (χ0) is 12.0. The third-order valence-electron chi connectivity index (χ3n) is 2.22. The van der Waals surface area contributed by atoms with Crippen molar-refractivity contribution in [2.75, 3.05) is 6.61 Å². The number of ketones is 1. The normalized spacial score (nSPS) is 14.4. The quantitative estimate of drug-likeness (QED) is 0.548. The first-order chi connectivity index (χ1) is 7.65. The van der Waals surface area contributed by atoms with E-state index < -0.39 is 6.10 Å². The van der Waals surface area contributed by atoms with Gasteiger partial charge in [0.05, 0.1) is 0 Å². The first kappa shape index (κ1) is 12.9. The molecule has 1 aromatic rings. The Balaban J connectivity index is 2.55. The smallest absolute Gasteiger partial charge is 0.191 e. The molecule has 0 saturated carbocycles. The van der Waals surface area contributed by atoms with E-state index in [-0.39, 0.29) is 12.1 Å². The van der Waals surface area contributed by atoms with Gasteiger partial charge in [-0.15, -0.1) is 0 Å². The van der Waals surface area contributed by atoms with Gasteiger partial charge in [-0.05, 0) is 20.8 Å². The van der Waals surface area contributed by atoms with E-state index in [0.717, 1.165) is 0 Å². The van der Waals surface area contributed by atoms with Crippen LogP contribution in [-0.2, 0) is 9.47 Å². The van der Waals surface area contributed by atoms with E-state index in [1.165, 1.54) is 0 Å². The lowest BCUT2D eigenvalue weighted by atomic mass is 10.1. The van der Waals surface area contributed by atoms with E-state index in [0.29, 0.717) is 12.2 Å². The highest BCUT2D eigenvalue weighted by atomic mass is 16.7. The summed E-state index contributed by atoms with van der Waals surface area (Å²) in [7, 11) is 0. The highest BCUT2D eigenvalue weighted by molar-refractivity contribution is 5.99. The van der Waals surface area contributed by atoms with Gasteiger partial charge in [-0.2, -0.15) is 0 Å². The van der Waals surface area contributed by atoms with E-state index in [2.05, 4.69) is 0 Å². The van der Waals surface area contributed by atoms with Crippen LogP contribution in [0.1, 0.15) is 31.1 Å². The SMILES string of the molecule is CCOC(C)OC(C)C(=O)c1ccccc1. The Morgan fingerprint density at radius 3 is 2.44 bits per heavy atom. The minimum absolute atomic E-state index is 0.0212. The molecule has 0 radical (unpaired) electrons. The largest absolute Gasteiger partial charge is 0.353 e. The van der Waals surface area contributed by atoms with Gasteiger partial charge in [-0.1, -0.05) is 30.3 Å². The van der Waals surface area contributed by atoms with Gasteiger partial charge in [0.2, 0.25) is 0 Å². The van der Waals surface area contributed by atoms with Crippen molar-refractivity contribution in [3.05, 3.63) is 35.9 Å². The second kappa shape index (κ2) is 6.40.